The van der Waals surface area contributed by atoms with Crippen LogP contribution in [0.3, 0.4) is 0 Å². The lowest BCUT2D eigenvalue weighted by Gasteiger charge is -2.29. The molecule has 82 valence electrons. The molecule has 2 rings (SSSR count). The second-order valence-corrected chi connectivity index (χ2v) is 4.04. The summed E-state index contributed by atoms with van der Waals surface area (Å²) in [6, 6.07) is 6.52. The summed E-state index contributed by atoms with van der Waals surface area (Å²) in [6.45, 7) is 0. The number of nitrogens with two attached hydrogens (primary N) is 1. The van der Waals surface area contributed by atoms with Gasteiger partial charge in [0.1, 0.15) is 6.10 Å². The van der Waals surface area contributed by atoms with Crippen LogP contribution in [0.1, 0.15) is 25.7 Å². The lowest BCUT2D eigenvalue weighted by Crippen LogP contribution is -2.41. The van der Waals surface area contributed by atoms with E-state index in [2.05, 4.69) is 0 Å². The molecule has 0 aliphatic heterocycles. The Hall–Kier alpha value is -1.09. The fraction of sp³-hybridized carbons (Fsp3) is 0.500. The Kier molecular flexibility index (Phi) is 3.21. The zero-order valence-electron chi connectivity index (χ0n) is 8.66. The van der Waals surface area contributed by atoms with Crippen molar-refractivity contribution >= 4 is 0 Å². The number of hydrogen-bond donors (Lipinski definition) is 1. The second kappa shape index (κ2) is 4.62. The van der Waals surface area contributed by atoms with E-state index in [1.54, 1.807) is 18.2 Å². The normalized spacial score (nSPS) is 26.3. The maximum absolute atomic E-state index is 13.3. The standard InChI is InChI=1S/C12H16FNO/c13-9-5-1-3-7-11(9)15-12-8-4-2-6-10(12)14/h1,3,5,7,10,12H,2,4,6,8,14H2. The summed E-state index contributed by atoms with van der Waals surface area (Å²) in [5, 5.41) is 0. The highest BCUT2D eigenvalue weighted by atomic mass is 19.1. The summed E-state index contributed by atoms with van der Waals surface area (Å²) >= 11 is 0. The first kappa shape index (κ1) is 10.4. The number of para-hydroxylation sites is 1. The lowest BCUT2D eigenvalue weighted by molar-refractivity contribution is 0.127. The molecule has 1 fully saturated rings. The van der Waals surface area contributed by atoms with E-state index in [1.165, 1.54) is 6.07 Å². The van der Waals surface area contributed by atoms with E-state index in [0.29, 0.717) is 5.75 Å². The highest BCUT2D eigenvalue weighted by Gasteiger charge is 2.24. The van der Waals surface area contributed by atoms with Crippen LogP contribution in [0.4, 0.5) is 4.39 Å². The zero-order valence-corrected chi connectivity index (χ0v) is 8.66. The van der Waals surface area contributed by atoms with Gasteiger partial charge in [-0.3, -0.25) is 0 Å². The molecule has 1 saturated carbocycles. The summed E-state index contributed by atoms with van der Waals surface area (Å²) in [7, 11) is 0. The summed E-state index contributed by atoms with van der Waals surface area (Å²) in [4.78, 5) is 0. The van der Waals surface area contributed by atoms with E-state index in [4.69, 9.17) is 10.5 Å². The Labute approximate surface area is 89.2 Å². The molecule has 2 nitrogen and oxygen atoms in total. The van der Waals surface area contributed by atoms with Crippen LogP contribution in [-0.2, 0) is 0 Å². The summed E-state index contributed by atoms with van der Waals surface area (Å²) in [6.07, 6.45) is 4.13. The van der Waals surface area contributed by atoms with Gasteiger partial charge in [0, 0.05) is 6.04 Å². The molecule has 0 aromatic heterocycles. The van der Waals surface area contributed by atoms with Crippen molar-refractivity contribution in [3.8, 4) is 5.75 Å². The smallest absolute Gasteiger partial charge is 0.165 e. The number of rotatable bonds is 2. The van der Waals surface area contributed by atoms with Crippen LogP contribution in [0.2, 0.25) is 0 Å². The van der Waals surface area contributed by atoms with Crippen molar-refractivity contribution < 1.29 is 9.13 Å². The van der Waals surface area contributed by atoms with Crippen molar-refractivity contribution in [1.82, 2.24) is 0 Å². The minimum Gasteiger partial charge on any atom is -0.486 e. The van der Waals surface area contributed by atoms with Crippen molar-refractivity contribution in [2.45, 2.75) is 37.8 Å². The van der Waals surface area contributed by atoms with Crippen molar-refractivity contribution in [3.05, 3.63) is 30.1 Å². The van der Waals surface area contributed by atoms with Crippen LogP contribution in [-0.4, -0.2) is 12.1 Å². The van der Waals surface area contributed by atoms with Crippen LogP contribution in [0.25, 0.3) is 0 Å². The average Bonchev–Trinajstić information content (AvgIpc) is 2.24. The van der Waals surface area contributed by atoms with Gasteiger partial charge in [-0.1, -0.05) is 18.6 Å². The Morgan fingerprint density at radius 1 is 1.20 bits per heavy atom. The minimum atomic E-state index is -0.310. The molecule has 1 aliphatic rings. The molecule has 1 aromatic carbocycles. The largest absolute Gasteiger partial charge is 0.486 e. The van der Waals surface area contributed by atoms with E-state index in [0.717, 1.165) is 25.7 Å². The van der Waals surface area contributed by atoms with Crippen LogP contribution in [0.5, 0.6) is 5.75 Å². The first-order valence-corrected chi connectivity index (χ1v) is 5.44. The molecular formula is C12H16FNO. The third-order valence-corrected chi connectivity index (χ3v) is 2.87. The third kappa shape index (κ3) is 2.48. The van der Waals surface area contributed by atoms with Gasteiger partial charge in [0.05, 0.1) is 0 Å². The van der Waals surface area contributed by atoms with Crippen molar-refractivity contribution in [2.75, 3.05) is 0 Å². The Morgan fingerprint density at radius 2 is 1.93 bits per heavy atom. The van der Waals surface area contributed by atoms with Gasteiger partial charge in [-0.15, -0.1) is 0 Å². The van der Waals surface area contributed by atoms with Crippen molar-refractivity contribution in [3.63, 3.8) is 0 Å². The predicted molar refractivity (Wildman–Crippen MR) is 57.3 cm³/mol. The lowest BCUT2D eigenvalue weighted by atomic mass is 9.93. The van der Waals surface area contributed by atoms with Crippen LogP contribution < -0.4 is 10.5 Å². The van der Waals surface area contributed by atoms with Gasteiger partial charge in [0.25, 0.3) is 0 Å². The Balaban J connectivity index is 2.04. The summed E-state index contributed by atoms with van der Waals surface area (Å²) in [5.74, 6) is 0.00937. The second-order valence-electron chi connectivity index (χ2n) is 4.04. The fourth-order valence-electron chi connectivity index (χ4n) is 1.98. The van der Waals surface area contributed by atoms with E-state index >= 15 is 0 Å². The number of hydrogen-bond acceptors (Lipinski definition) is 2. The molecule has 2 N–H and O–H groups in total. The SMILES string of the molecule is NC1CCCCC1Oc1ccccc1F. The first-order chi connectivity index (χ1) is 7.27. The van der Waals surface area contributed by atoms with Crippen molar-refractivity contribution in [2.24, 2.45) is 5.73 Å². The molecule has 2 unspecified atom stereocenters. The first-order valence-electron chi connectivity index (χ1n) is 5.44. The molecule has 15 heavy (non-hydrogen) atoms. The minimum absolute atomic E-state index is 0.0318. The van der Waals surface area contributed by atoms with E-state index in [9.17, 15) is 4.39 Å². The topological polar surface area (TPSA) is 35.2 Å². The third-order valence-electron chi connectivity index (χ3n) is 2.87. The molecule has 3 heteroatoms. The van der Waals surface area contributed by atoms with Crippen LogP contribution >= 0.6 is 0 Å². The maximum atomic E-state index is 13.3. The fourth-order valence-corrected chi connectivity index (χ4v) is 1.98. The van der Waals surface area contributed by atoms with Gasteiger partial charge in [0.15, 0.2) is 11.6 Å². The van der Waals surface area contributed by atoms with Gasteiger partial charge in [-0.25, -0.2) is 4.39 Å². The van der Waals surface area contributed by atoms with Crippen molar-refractivity contribution in [1.29, 1.82) is 0 Å². The molecule has 2 atom stereocenters. The summed E-state index contributed by atoms with van der Waals surface area (Å²) in [5.41, 5.74) is 5.93. The van der Waals surface area contributed by atoms with Gasteiger partial charge in [-0.05, 0) is 31.4 Å². The monoisotopic (exact) mass is 209 g/mol. The Bertz CT molecular complexity index is 329. The molecule has 0 heterocycles. The van der Waals surface area contributed by atoms with Gasteiger partial charge in [0.2, 0.25) is 0 Å². The highest BCUT2D eigenvalue weighted by molar-refractivity contribution is 5.24. The van der Waals surface area contributed by atoms with Crippen LogP contribution in [0.15, 0.2) is 24.3 Å². The zero-order chi connectivity index (χ0) is 10.7. The number of halogens is 1. The molecule has 0 saturated heterocycles. The highest BCUT2D eigenvalue weighted by Crippen LogP contribution is 2.24. The van der Waals surface area contributed by atoms with E-state index in [-0.39, 0.29) is 18.0 Å². The average molecular weight is 209 g/mol. The Morgan fingerprint density at radius 3 is 2.67 bits per heavy atom. The van der Waals surface area contributed by atoms with E-state index in [1.807, 2.05) is 0 Å². The molecule has 0 bridgehead atoms. The number of ether oxygens (including phenoxy) is 1. The van der Waals surface area contributed by atoms with Gasteiger partial charge in [-0.2, -0.15) is 0 Å². The molecule has 1 aliphatic carbocycles. The summed E-state index contributed by atoms with van der Waals surface area (Å²) < 4.78 is 18.9. The van der Waals surface area contributed by atoms with Crippen LogP contribution in [0, 0.1) is 5.82 Å². The molecular weight excluding hydrogens is 193 g/mol. The van der Waals surface area contributed by atoms with Gasteiger partial charge >= 0.3 is 0 Å². The molecule has 0 amide bonds. The van der Waals surface area contributed by atoms with E-state index < -0.39 is 0 Å². The molecule has 1 aromatic rings. The number of benzene rings is 1. The molecule has 0 radical (unpaired) electrons. The molecule has 0 spiro atoms. The van der Waals surface area contributed by atoms with Gasteiger partial charge < -0.3 is 10.5 Å². The quantitative estimate of drug-likeness (QED) is 0.812. The predicted octanol–water partition coefficient (Wildman–Crippen LogP) is 2.47. The maximum Gasteiger partial charge on any atom is 0.165 e.